The van der Waals surface area contributed by atoms with Crippen LogP contribution in [0.4, 0.5) is 0 Å². The van der Waals surface area contributed by atoms with Crippen LogP contribution in [0.5, 0.6) is 0 Å². The van der Waals surface area contributed by atoms with E-state index in [2.05, 4.69) is 9.97 Å². The van der Waals surface area contributed by atoms with Crippen LogP contribution in [-0.2, 0) is 10.3 Å². The predicted molar refractivity (Wildman–Crippen MR) is 55.1 cm³/mol. The summed E-state index contributed by atoms with van der Waals surface area (Å²) in [6.07, 6.45) is 4.38. The first-order chi connectivity index (χ1) is 6.74. The van der Waals surface area contributed by atoms with Crippen molar-refractivity contribution >= 4 is 11.8 Å². The number of nitrogens with zero attached hydrogens (tertiary/aromatic N) is 2. The van der Waals surface area contributed by atoms with Gasteiger partial charge in [0, 0.05) is 6.61 Å². The minimum absolute atomic E-state index is 0.409. The predicted octanol–water partition coefficient (Wildman–Crippen LogP) is 0.773. The number of hydrogen-bond donors (Lipinski definition) is 1. The maximum Gasteiger partial charge on any atom is 0.117 e. The third kappa shape index (κ3) is 1.75. The Morgan fingerprint density at radius 1 is 1.57 bits per heavy atom. The zero-order valence-electron chi connectivity index (χ0n) is 8.06. The molecule has 1 aromatic rings. The van der Waals surface area contributed by atoms with E-state index in [4.69, 9.17) is 10.5 Å². The summed E-state index contributed by atoms with van der Waals surface area (Å²) in [6, 6.07) is 1.94. The van der Waals surface area contributed by atoms with Gasteiger partial charge in [0.25, 0.3) is 0 Å². The molecule has 0 radical (unpaired) electrons. The van der Waals surface area contributed by atoms with Gasteiger partial charge in [-0.15, -0.1) is 11.8 Å². The van der Waals surface area contributed by atoms with Gasteiger partial charge in [0.15, 0.2) is 0 Å². The molecule has 4 nitrogen and oxygen atoms in total. The first-order valence-corrected chi connectivity index (χ1v) is 5.70. The molecule has 1 fully saturated rings. The lowest BCUT2D eigenvalue weighted by molar-refractivity contribution is 0.177. The van der Waals surface area contributed by atoms with E-state index >= 15 is 0 Å². The van der Waals surface area contributed by atoms with Gasteiger partial charge in [-0.3, -0.25) is 0 Å². The Morgan fingerprint density at radius 3 is 3.07 bits per heavy atom. The molecule has 2 heterocycles. The molecule has 1 atom stereocenters. The van der Waals surface area contributed by atoms with Crippen molar-refractivity contribution in [2.75, 3.05) is 19.5 Å². The van der Waals surface area contributed by atoms with Crippen molar-refractivity contribution in [2.24, 2.45) is 5.73 Å². The van der Waals surface area contributed by atoms with Gasteiger partial charge < -0.3 is 10.5 Å². The average molecular weight is 211 g/mol. The molecule has 5 heteroatoms. The summed E-state index contributed by atoms with van der Waals surface area (Å²) in [6.45, 7) is 1.27. The third-order valence-electron chi connectivity index (χ3n) is 2.41. The highest BCUT2D eigenvalue weighted by atomic mass is 32.2. The van der Waals surface area contributed by atoms with Gasteiger partial charge in [-0.1, -0.05) is 0 Å². The highest BCUT2D eigenvalue weighted by Crippen LogP contribution is 2.27. The number of hydrogen-bond acceptors (Lipinski definition) is 5. The number of rotatable bonds is 2. The minimum Gasteiger partial charge on any atom is -0.379 e. The van der Waals surface area contributed by atoms with Crippen LogP contribution < -0.4 is 5.73 Å². The first-order valence-electron chi connectivity index (χ1n) is 4.48. The smallest absolute Gasteiger partial charge is 0.117 e. The van der Waals surface area contributed by atoms with Crippen LogP contribution in [0.25, 0.3) is 0 Å². The molecule has 0 aliphatic carbocycles. The molecule has 14 heavy (non-hydrogen) atoms. The molecule has 0 aromatic carbocycles. The van der Waals surface area contributed by atoms with E-state index in [0.29, 0.717) is 6.61 Å². The standard InChI is InChI=1S/C9H13N3OS/c1-14-8-4-7(11-6-12-8)9(10)2-3-13-5-9/h4,6H,2-3,5,10H2,1H3. The molecule has 1 aliphatic rings. The van der Waals surface area contributed by atoms with E-state index in [1.165, 1.54) is 0 Å². The molecule has 1 aliphatic heterocycles. The SMILES string of the molecule is CSc1cc(C2(N)CCOC2)ncn1. The lowest BCUT2D eigenvalue weighted by Gasteiger charge is -2.20. The van der Waals surface area contributed by atoms with Crippen LogP contribution in [0.1, 0.15) is 12.1 Å². The number of nitrogens with two attached hydrogens (primary N) is 1. The van der Waals surface area contributed by atoms with E-state index in [1.54, 1.807) is 18.1 Å². The van der Waals surface area contributed by atoms with Crippen LogP contribution in [0.3, 0.4) is 0 Å². The lowest BCUT2D eigenvalue weighted by atomic mass is 9.96. The molecule has 76 valence electrons. The molecular weight excluding hydrogens is 198 g/mol. The number of thioether (sulfide) groups is 1. The molecule has 0 amide bonds. The third-order valence-corrected chi connectivity index (χ3v) is 3.05. The lowest BCUT2D eigenvalue weighted by Crippen LogP contribution is -2.38. The quantitative estimate of drug-likeness (QED) is 0.578. The fourth-order valence-electron chi connectivity index (χ4n) is 1.51. The largest absolute Gasteiger partial charge is 0.379 e. The van der Waals surface area contributed by atoms with E-state index in [1.807, 2.05) is 12.3 Å². The van der Waals surface area contributed by atoms with Crippen molar-refractivity contribution in [3.8, 4) is 0 Å². The summed E-state index contributed by atoms with van der Waals surface area (Å²) in [5.41, 5.74) is 6.65. The Balaban J connectivity index is 2.30. The second-order valence-electron chi connectivity index (χ2n) is 3.40. The van der Waals surface area contributed by atoms with E-state index in [0.717, 1.165) is 23.7 Å². The van der Waals surface area contributed by atoms with Gasteiger partial charge in [0.2, 0.25) is 0 Å². The van der Waals surface area contributed by atoms with Gasteiger partial charge in [-0.05, 0) is 18.7 Å². The summed E-state index contributed by atoms with van der Waals surface area (Å²) < 4.78 is 5.30. The van der Waals surface area contributed by atoms with Crippen LogP contribution >= 0.6 is 11.8 Å². The zero-order chi connectivity index (χ0) is 10.0. The molecule has 1 aromatic heterocycles. The molecule has 2 N–H and O–H groups in total. The van der Waals surface area contributed by atoms with Crippen LogP contribution in [0.15, 0.2) is 17.4 Å². The van der Waals surface area contributed by atoms with Gasteiger partial charge in [-0.25, -0.2) is 9.97 Å². The molecule has 1 saturated heterocycles. The van der Waals surface area contributed by atoms with Gasteiger partial charge >= 0.3 is 0 Å². The second kappa shape index (κ2) is 3.84. The van der Waals surface area contributed by atoms with Crippen molar-refractivity contribution in [2.45, 2.75) is 17.0 Å². The molecule has 0 saturated carbocycles. The molecule has 0 bridgehead atoms. The van der Waals surface area contributed by atoms with E-state index in [-0.39, 0.29) is 0 Å². The van der Waals surface area contributed by atoms with E-state index in [9.17, 15) is 0 Å². The summed E-state index contributed by atoms with van der Waals surface area (Å²) >= 11 is 1.59. The number of ether oxygens (including phenoxy) is 1. The molecule has 1 unspecified atom stereocenters. The van der Waals surface area contributed by atoms with Crippen LogP contribution in [-0.4, -0.2) is 29.4 Å². The van der Waals surface area contributed by atoms with Crippen molar-refractivity contribution in [1.29, 1.82) is 0 Å². The summed E-state index contributed by atoms with van der Waals surface area (Å²) in [5, 5.41) is 0.951. The van der Waals surface area contributed by atoms with Gasteiger partial charge in [-0.2, -0.15) is 0 Å². The Kier molecular flexibility index (Phi) is 2.71. The van der Waals surface area contributed by atoms with Crippen LogP contribution in [0.2, 0.25) is 0 Å². The van der Waals surface area contributed by atoms with E-state index < -0.39 is 5.54 Å². The Hall–Kier alpha value is -0.650. The molecule has 2 rings (SSSR count). The molecular formula is C9H13N3OS. The van der Waals surface area contributed by atoms with Crippen molar-refractivity contribution < 1.29 is 4.74 Å². The number of aromatic nitrogens is 2. The van der Waals surface area contributed by atoms with Gasteiger partial charge in [0.1, 0.15) is 6.33 Å². The highest BCUT2D eigenvalue weighted by Gasteiger charge is 2.33. The molecule has 0 spiro atoms. The summed E-state index contributed by atoms with van der Waals surface area (Å²) in [5.74, 6) is 0. The van der Waals surface area contributed by atoms with Crippen molar-refractivity contribution in [1.82, 2.24) is 9.97 Å². The van der Waals surface area contributed by atoms with Gasteiger partial charge in [0.05, 0.1) is 22.9 Å². The monoisotopic (exact) mass is 211 g/mol. The summed E-state index contributed by atoms with van der Waals surface area (Å²) in [4.78, 5) is 8.33. The first kappa shape index (κ1) is 9.89. The second-order valence-corrected chi connectivity index (χ2v) is 4.23. The average Bonchev–Trinajstić information content (AvgIpc) is 2.67. The fourth-order valence-corrected chi connectivity index (χ4v) is 1.89. The zero-order valence-corrected chi connectivity index (χ0v) is 8.88. The van der Waals surface area contributed by atoms with Crippen molar-refractivity contribution in [3.05, 3.63) is 18.1 Å². The Labute approximate surface area is 87.3 Å². The summed E-state index contributed by atoms with van der Waals surface area (Å²) in [7, 11) is 0. The van der Waals surface area contributed by atoms with Crippen molar-refractivity contribution in [3.63, 3.8) is 0 Å². The topological polar surface area (TPSA) is 61.0 Å². The fraction of sp³-hybridized carbons (Fsp3) is 0.556. The normalized spacial score (nSPS) is 26.7. The minimum atomic E-state index is -0.409. The Bertz CT molecular complexity index is 326. The maximum atomic E-state index is 6.18. The maximum absolute atomic E-state index is 6.18. The highest BCUT2D eigenvalue weighted by molar-refractivity contribution is 7.98. The Morgan fingerprint density at radius 2 is 2.43 bits per heavy atom. The van der Waals surface area contributed by atoms with Crippen LogP contribution in [0, 0.1) is 0 Å².